The molecule has 0 fully saturated rings. The number of hydrogen-bond acceptors (Lipinski definition) is 3. The summed E-state index contributed by atoms with van der Waals surface area (Å²) in [5.74, 6) is 0.258. The summed E-state index contributed by atoms with van der Waals surface area (Å²) in [5.41, 5.74) is 5.43. The van der Waals surface area contributed by atoms with Crippen molar-refractivity contribution in [3.05, 3.63) is 69.9 Å². The second-order valence-corrected chi connectivity index (χ2v) is 7.92. The number of benzene rings is 2. The first-order valence-electron chi connectivity index (χ1n) is 9.44. The first kappa shape index (κ1) is 19.8. The third-order valence-electron chi connectivity index (χ3n) is 5.29. The van der Waals surface area contributed by atoms with Crippen molar-refractivity contribution in [2.75, 3.05) is 19.0 Å². The van der Waals surface area contributed by atoms with E-state index in [0.717, 1.165) is 27.7 Å². The number of nitrogens with zero attached hydrogens (tertiary/aromatic N) is 1. The molecule has 0 saturated heterocycles. The molecule has 5 nitrogen and oxygen atoms in total. The molecule has 0 radical (unpaired) electrons. The van der Waals surface area contributed by atoms with Crippen LogP contribution < -0.4 is 0 Å². The summed E-state index contributed by atoms with van der Waals surface area (Å²) in [5, 5.41) is 9.60. The Balaban J connectivity index is 1.82. The van der Waals surface area contributed by atoms with Crippen LogP contribution in [0.3, 0.4) is 0 Å². The summed E-state index contributed by atoms with van der Waals surface area (Å²) >= 11 is 11.9. The molecule has 1 unspecified atom stereocenters. The van der Waals surface area contributed by atoms with Crippen LogP contribution in [-0.2, 0) is 11.2 Å². The highest BCUT2D eigenvalue weighted by molar-refractivity contribution is 6.31. The molecule has 29 heavy (non-hydrogen) atoms. The van der Waals surface area contributed by atoms with Crippen molar-refractivity contribution >= 4 is 45.9 Å². The van der Waals surface area contributed by atoms with Gasteiger partial charge >= 0.3 is 6.09 Å². The highest BCUT2D eigenvalue weighted by Gasteiger charge is 2.35. The Kier molecular flexibility index (Phi) is 5.52. The van der Waals surface area contributed by atoms with Crippen molar-refractivity contribution in [3.8, 4) is 0 Å². The lowest BCUT2D eigenvalue weighted by atomic mass is 9.92. The zero-order valence-corrected chi connectivity index (χ0v) is 17.5. The van der Waals surface area contributed by atoms with Gasteiger partial charge in [0.25, 0.3) is 0 Å². The molecule has 1 aliphatic rings. The minimum atomic E-state index is -0.384. The number of amides is 1. The molecule has 7 heteroatoms. The van der Waals surface area contributed by atoms with Crippen LogP contribution in [0.15, 0.2) is 42.5 Å². The van der Waals surface area contributed by atoms with Gasteiger partial charge in [0.15, 0.2) is 0 Å². The van der Waals surface area contributed by atoms with Crippen LogP contribution in [0, 0.1) is 5.41 Å². The molecular weight excluding hydrogens is 409 g/mol. The number of nitrogens with one attached hydrogen (secondary N) is 2. The molecule has 1 aromatic heterocycles. The largest absolute Gasteiger partial charge is 0.448 e. The molecule has 0 aliphatic carbocycles. The number of H-pyrrole nitrogens is 1. The first-order valence-corrected chi connectivity index (χ1v) is 10.4. The number of alkyl halides is 1. The second-order valence-electron chi connectivity index (χ2n) is 7.10. The zero-order chi connectivity index (χ0) is 20.5. The number of aromatic nitrogens is 1. The maximum Gasteiger partial charge on any atom is 0.410 e. The maximum absolute atomic E-state index is 12.8. The number of rotatable bonds is 4. The smallest absolute Gasteiger partial charge is 0.410 e. The van der Waals surface area contributed by atoms with Gasteiger partial charge < -0.3 is 15.1 Å². The molecule has 0 spiro atoms. The van der Waals surface area contributed by atoms with Gasteiger partial charge in [0.05, 0.1) is 5.88 Å². The predicted molar refractivity (Wildman–Crippen MR) is 117 cm³/mol. The van der Waals surface area contributed by atoms with Crippen LogP contribution in [0.4, 0.5) is 4.79 Å². The van der Waals surface area contributed by atoms with Gasteiger partial charge in [-0.2, -0.15) is 0 Å². The summed E-state index contributed by atoms with van der Waals surface area (Å²) in [6.07, 6.45) is 0.324. The SMILES string of the molecule is CC(=N)c1ccc(C2c3[nH]c4ccc(Cl)cc4c3CCN2C(=O)OCCCl)cc1. The Labute approximate surface area is 179 Å². The van der Waals surface area contributed by atoms with E-state index in [2.05, 4.69) is 4.98 Å². The highest BCUT2D eigenvalue weighted by Crippen LogP contribution is 2.39. The van der Waals surface area contributed by atoms with E-state index in [0.29, 0.717) is 23.7 Å². The van der Waals surface area contributed by atoms with Gasteiger partial charge in [-0.3, -0.25) is 4.90 Å². The normalized spacial score (nSPS) is 16.0. The Bertz CT molecular complexity index is 1080. The summed E-state index contributed by atoms with van der Waals surface area (Å²) in [6.45, 7) is 2.46. The van der Waals surface area contributed by atoms with Crippen molar-refractivity contribution in [2.24, 2.45) is 0 Å². The minimum absolute atomic E-state index is 0.171. The van der Waals surface area contributed by atoms with E-state index in [1.165, 1.54) is 5.56 Å². The van der Waals surface area contributed by atoms with E-state index in [1.807, 2.05) is 42.5 Å². The summed E-state index contributed by atoms with van der Waals surface area (Å²) in [6, 6.07) is 13.2. The van der Waals surface area contributed by atoms with E-state index >= 15 is 0 Å². The average Bonchev–Trinajstić information content (AvgIpc) is 3.09. The van der Waals surface area contributed by atoms with Crippen molar-refractivity contribution in [2.45, 2.75) is 19.4 Å². The van der Waals surface area contributed by atoms with Crippen molar-refractivity contribution in [3.63, 3.8) is 0 Å². The summed E-state index contributed by atoms with van der Waals surface area (Å²) in [4.78, 5) is 18.0. The molecule has 4 rings (SSSR count). The summed E-state index contributed by atoms with van der Waals surface area (Å²) in [7, 11) is 0. The van der Waals surface area contributed by atoms with Crippen molar-refractivity contribution in [1.82, 2.24) is 9.88 Å². The van der Waals surface area contributed by atoms with Crippen LogP contribution in [0.2, 0.25) is 5.02 Å². The lowest BCUT2D eigenvalue weighted by molar-refractivity contribution is 0.0938. The van der Waals surface area contributed by atoms with Gasteiger partial charge in [0, 0.05) is 33.9 Å². The molecule has 2 heterocycles. The fourth-order valence-corrected chi connectivity index (χ4v) is 4.18. The van der Waals surface area contributed by atoms with E-state index < -0.39 is 0 Å². The maximum atomic E-state index is 12.8. The van der Waals surface area contributed by atoms with Gasteiger partial charge in [-0.05, 0) is 48.2 Å². The van der Waals surface area contributed by atoms with E-state index in [-0.39, 0.29) is 24.6 Å². The third kappa shape index (κ3) is 3.72. The van der Waals surface area contributed by atoms with E-state index in [1.54, 1.807) is 11.8 Å². The fourth-order valence-electron chi connectivity index (χ4n) is 3.93. The molecule has 1 amide bonds. The van der Waals surface area contributed by atoms with Crippen LogP contribution >= 0.6 is 23.2 Å². The monoisotopic (exact) mass is 429 g/mol. The quantitative estimate of drug-likeness (QED) is 0.422. The molecule has 2 aromatic carbocycles. The lowest BCUT2D eigenvalue weighted by Gasteiger charge is -2.35. The molecule has 0 saturated carbocycles. The standard InChI is InChI=1S/C22H21Cl2N3O2/c1-13(25)14-2-4-15(5-3-14)21-20-17(8-10-27(21)22(28)29-11-9-23)18-12-16(24)6-7-19(18)26-20/h2-7,12,21,25-26H,8-11H2,1H3. The Hall–Kier alpha value is -2.50. The molecule has 2 N–H and O–H groups in total. The second kappa shape index (κ2) is 8.09. The van der Waals surface area contributed by atoms with E-state index in [4.69, 9.17) is 33.3 Å². The highest BCUT2D eigenvalue weighted by atomic mass is 35.5. The van der Waals surface area contributed by atoms with Crippen LogP contribution in [0.5, 0.6) is 0 Å². The van der Waals surface area contributed by atoms with Crippen molar-refractivity contribution in [1.29, 1.82) is 5.41 Å². The van der Waals surface area contributed by atoms with Gasteiger partial charge in [-0.25, -0.2) is 4.79 Å². The number of ether oxygens (including phenoxy) is 1. The third-order valence-corrected chi connectivity index (χ3v) is 5.68. The Morgan fingerprint density at radius 2 is 2.03 bits per heavy atom. The lowest BCUT2D eigenvalue weighted by Crippen LogP contribution is -2.41. The fraction of sp³-hybridized carbons (Fsp3) is 0.273. The number of hydrogen-bond donors (Lipinski definition) is 2. The van der Waals surface area contributed by atoms with Gasteiger partial charge in [-0.15, -0.1) is 11.6 Å². The Morgan fingerprint density at radius 3 is 2.72 bits per heavy atom. The summed E-state index contributed by atoms with van der Waals surface area (Å²) < 4.78 is 5.34. The molecule has 150 valence electrons. The minimum Gasteiger partial charge on any atom is -0.448 e. The van der Waals surface area contributed by atoms with Crippen molar-refractivity contribution < 1.29 is 9.53 Å². The van der Waals surface area contributed by atoms with Crippen LogP contribution in [-0.4, -0.2) is 40.7 Å². The first-order chi connectivity index (χ1) is 14.0. The molecular formula is C22H21Cl2N3O2. The molecule has 1 aliphatic heterocycles. The molecule has 0 bridgehead atoms. The topological polar surface area (TPSA) is 69.2 Å². The number of halogens is 2. The number of aromatic amines is 1. The zero-order valence-electron chi connectivity index (χ0n) is 16.0. The van der Waals surface area contributed by atoms with Crippen LogP contribution in [0.1, 0.15) is 35.3 Å². The van der Waals surface area contributed by atoms with E-state index in [9.17, 15) is 4.79 Å². The predicted octanol–water partition coefficient (Wildman–Crippen LogP) is 5.53. The molecule has 1 atom stereocenters. The van der Waals surface area contributed by atoms with Gasteiger partial charge in [-0.1, -0.05) is 35.9 Å². The average molecular weight is 430 g/mol. The number of carbonyl (C=O) groups is 1. The number of fused-ring (bicyclic) bond motifs is 3. The Morgan fingerprint density at radius 1 is 1.28 bits per heavy atom. The molecule has 3 aromatic rings. The van der Waals surface area contributed by atoms with Crippen LogP contribution in [0.25, 0.3) is 10.9 Å². The van der Waals surface area contributed by atoms with Gasteiger partial charge in [0.1, 0.15) is 12.6 Å². The number of carbonyl (C=O) groups excluding carboxylic acids is 1. The van der Waals surface area contributed by atoms with Gasteiger partial charge in [0.2, 0.25) is 0 Å².